The number of nitrogens with one attached hydrogen (secondary N) is 1. The highest BCUT2D eigenvalue weighted by Crippen LogP contribution is 2.29. The Morgan fingerprint density at radius 2 is 1.89 bits per heavy atom. The largest absolute Gasteiger partial charge is 0.313 e. The molecule has 1 fully saturated rings. The summed E-state index contributed by atoms with van der Waals surface area (Å²) in [5, 5.41) is 3.22. The summed E-state index contributed by atoms with van der Waals surface area (Å²) in [6, 6.07) is 3.61. The van der Waals surface area contributed by atoms with Crippen LogP contribution in [0.3, 0.4) is 0 Å². The van der Waals surface area contributed by atoms with Crippen LogP contribution < -0.4 is 5.32 Å². The molecular weight excluding hydrogens is 244 g/mol. The van der Waals surface area contributed by atoms with E-state index in [4.69, 9.17) is 0 Å². The van der Waals surface area contributed by atoms with E-state index in [-0.39, 0.29) is 11.6 Å². The number of halogens is 2. The molecule has 0 spiro atoms. The zero-order valence-corrected chi connectivity index (χ0v) is 11.6. The van der Waals surface area contributed by atoms with Crippen molar-refractivity contribution < 1.29 is 8.78 Å². The van der Waals surface area contributed by atoms with Gasteiger partial charge in [-0.3, -0.25) is 0 Å². The van der Waals surface area contributed by atoms with Crippen LogP contribution in [0.4, 0.5) is 8.78 Å². The maximum Gasteiger partial charge on any atom is 0.127 e. The average Bonchev–Trinajstić information content (AvgIpc) is 2.40. The molecular formula is C16H23F2N. The Bertz CT molecular complexity index is 398. The lowest BCUT2D eigenvalue weighted by atomic mass is 9.81. The molecule has 1 aliphatic rings. The van der Waals surface area contributed by atoms with E-state index < -0.39 is 0 Å². The number of hydrogen-bond acceptors (Lipinski definition) is 1. The van der Waals surface area contributed by atoms with E-state index in [1.165, 1.54) is 37.8 Å². The summed E-state index contributed by atoms with van der Waals surface area (Å²) in [5.41, 5.74) is 0.414. The van der Waals surface area contributed by atoms with Crippen molar-refractivity contribution in [3.8, 4) is 0 Å². The zero-order valence-electron chi connectivity index (χ0n) is 11.6. The quantitative estimate of drug-likeness (QED) is 0.786. The Hall–Kier alpha value is -0.960. The van der Waals surface area contributed by atoms with Crippen LogP contribution >= 0.6 is 0 Å². The molecule has 1 aliphatic carbocycles. The standard InChI is InChI=1S/C16H23F2N/c1-12-2-4-13(5-3-12)8-9-19-11-14-10-15(17)6-7-16(14)18/h6-7,10,12-13,19H,2-5,8-9,11H2,1H3. The minimum atomic E-state index is -0.375. The summed E-state index contributed by atoms with van der Waals surface area (Å²) in [6.07, 6.45) is 6.45. The Kier molecular flexibility index (Phi) is 5.32. The van der Waals surface area contributed by atoms with Crippen LogP contribution in [0.1, 0.15) is 44.6 Å². The van der Waals surface area contributed by atoms with Gasteiger partial charge in [-0.15, -0.1) is 0 Å². The van der Waals surface area contributed by atoms with Crippen molar-refractivity contribution in [2.24, 2.45) is 11.8 Å². The first kappa shape index (κ1) is 14.4. The van der Waals surface area contributed by atoms with Gasteiger partial charge < -0.3 is 5.32 Å². The van der Waals surface area contributed by atoms with Crippen LogP contribution in [-0.2, 0) is 6.54 Å². The molecule has 0 aliphatic heterocycles. The fraction of sp³-hybridized carbons (Fsp3) is 0.625. The summed E-state index contributed by atoms with van der Waals surface area (Å²) < 4.78 is 26.4. The van der Waals surface area contributed by atoms with Gasteiger partial charge in [-0.25, -0.2) is 8.78 Å². The van der Waals surface area contributed by atoms with E-state index in [2.05, 4.69) is 12.2 Å². The van der Waals surface area contributed by atoms with Gasteiger partial charge in [0.15, 0.2) is 0 Å². The molecule has 1 saturated carbocycles. The van der Waals surface area contributed by atoms with Crippen LogP contribution in [-0.4, -0.2) is 6.54 Å². The Balaban J connectivity index is 1.68. The fourth-order valence-corrected chi connectivity index (χ4v) is 2.83. The molecule has 0 bridgehead atoms. The monoisotopic (exact) mass is 267 g/mol. The third-order valence-corrected chi connectivity index (χ3v) is 4.19. The highest BCUT2D eigenvalue weighted by Gasteiger charge is 2.17. The van der Waals surface area contributed by atoms with Gasteiger partial charge >= 0.3 is 0 Å². The van der Waals surface area contributed by atoms with E-state index in [0.717, 1.165) is 30.9 Å². The summed E-state index contributed by atoms with van der Waals surface area (Å²) in [6.45, 7) is 3.61. The van der Waals surface area contributed by atoms with Crippen molar-refractivity contribution in [2.75, 3.05) is 6.54 Å². The normalized spacial score (nSPS) is 23.5. The van der Waals surface area contributed by atoms with Crippen LogP contribution in [0.5, 0.6) is 0 Å². The molecule has 1 N–H and O–H groups in total. The SMILES string of the molecule is CC1CCC(CCNCc2cc(F)ccc2F)CC1. The second kappa shape index (κ2) is 6.99. The lowest BCUT2D eigenvalue weighted by Crippen LogP contribution is -2.21. The minimum Gasteiger partial charge on any atom is -0.313 e. The number of rotatable bonds is 5. The summed E-state index contributed by atoms with van der Waals surface area (Å²) in [7, 11) is 0. The van der Waals surface area contributed by atoms with Crippen molar-refractivity contribution in [1.82, 2.24) is 5.32 Å². The average molecular weight is 267 g/mol. The van der Waals surface area contributed by atoms with E-state index in [0.29, 0.717) is 12.1 Å². The van der Waals surface area contributed by atoms with Crippen molar-refractivity contribution in [3.05, 3.63) is 35.4 Å². The predicted molar refractivity (Wildman–Crippen MR) is 73.8 cm³/mol. The smallest absolute Gasteiger partial charge is 0.127 e. The minimum absolute atomic E-state index is 0.333. The molecule has 0 unspecified atom stereocenters. The molecule has 1 aromatic rings. The second-order valence-corrected chi connectivity index (χ2v) is 5.83. The van der Waals surface area contributed by atoms with E-state index in [9.17, 15) is 8.78 Å². The molecule has 0 saturated heterocycles. The first-order valence-electron chi connectivity index (χ1n) is 7.30. The maximum absolute atomic E-state index is 13.4. The highest BCUT2D eigenvalue weighted by atomic mass is 19.1. The Morgan fingerprint density at radius 3 is 2.63 bits per heavy atom. The summed E-state index contributed by atoms with van der Waals surface area (Å²) in [5.74, 6) is 0.978. The second-order valence-electron chi connectivity index (χ2n) is 5.83. The summed E-state index contributed by atoms with van der Waals surface area (Å²) in [4.78, 5) is 0. The van der Waals surface area contributed by atoms with E-state index in [1.807, 2.05) is 0 Å². The molecule has 19 heavy (non-hydrogen) atoms. The molecule has 1 nitrogen and oxygen atoms in total. The van der Waals surface area contributed by atoms with Gasteiger partial charge in [0.25, 0.3) is 0 Å². The van der Waals surface area contributed by atoms with Crippen LogP contribution in [0.2, 0.25) is 0 Å². The first-order valence-corrected chi connectivity index (χ1v) is 7.30. The van der Waals surface area contributed by atoms with E-state index >= 15 is 0 Å². The van der Waals surface area contributed by atoms with Crippen LogP contribution in [0.25, 0.3) is 0 Å². The molecule has 0 aromatic heterocycles. The van der Waals surface area contributed by atoms with Crippen LogP contribution in [0.15, 0.2) is 18.2 Å². The van der Waals surface area contributed by atoms with Crippen LogP contribution in [0, 0.1) is 23.5 Å². The van der Waals surface area contributed by atoms with Gasteiger partial charge in [0.05, 0.1) is 0 Å². The van der Waals surface area contributed by atoms with Gasteiger partial charge in [-0.05, 0) is 43.0 Å². The maximum atomic E-state index is 13.4. The summed E-state index contributed by atoms with van der Waals surface area (Å²) >= 11 is 0. The predicted octanol–water partition coefficient (Wildman–Crippen LogP) is 4.27. The first-order chi connectivity index (χ1) is 9.15. The lowest BCUT2D eigenvalue weighted by Gasteiger charge is -2.26. The van der Waals surface area contributed by atoms with Gasteiger partial charge in [0.2, 0.25) is 0 Å². The fourth-order valence-electron chi connectivity index (χ4n) is 2.83. The van der Waals surface area contributed by atoms with Crippen molar-refractivity contribution in [1.29, 1.82) is 0 Å². The topological polar surface area (TPSA) is 12.0 Å². The number of hydrogen-bond donors (Lipinski definition) is 1. The Morgan fingerprint density at radius 1 is 1.16 bits per heavy atom. The molecule has 1 aromatic carbocycles. The molecule has 0 heterocycles. The molecule has 0 amide bonds. The lowest BCUT2D eigenvalue weighted by molar-refractivity contribution is 0.275. The van der Waals surface area contributed by atoms with Gasteiger partial charge in [-0.2, -0.15) is 0 Å². The van der Waals surface area contributed by atoms with Gasteiger partial charge in [0.1, 0.15) is 11.6 Å². The van der Waals surface area contributed by atoms with Crippen molar-refractivity contribution >= 4 is 0 Å². The van der Waals surface area contributed by atoms with Gasteiger partial charge in [-0.1, -0.05) is 32.6 Å². The molecule has 0 atom stereocenters. The molecule has 3 heteroatoms. The van der Waals surface area contributed by atoms with Crippen molar-refractivity contribution in [3.63, 3.8) is 0 Å². The van der Waals surface area contributed by atoms with Crippen molar-refractivity contribution in [2.45, 2.75) is 45.6 Å². The zero-order chi connectivity index (χ0) is 13.7. The highest BCUT2D eigenvalue weighted by molar-refractivity contribution is 5.18. The Labute approximate surface area is 114 Å². The third kappa shape index (κ3) is 4.57. The molecule has 0 radical (unpaired) electrons. The number of benzene rings is 1. The van der Waals surface area contributed by atoms with Gasteiger partial charge in [0, 0.05) is 12.1 Å². The molecule has 106 valence electrons. The third-order valence-electron chi connectivity index (χ3n) is 4.19. The molecule has 2 rings (SSSR count). The van der Waals surface area contributed by atoms with E-state index in [1.54, 1.807) is 0 Å².